The summed E-state index contributed by atoms with van der Waals surface area (Å²) in [7, 11) is 2.19. The van der Waals surface area contributed by atoms with Crippen LogP contribution in [0.25, 0.3) is 0 Å². The molecule has 20 heavy (non-hydrogen) atoms. The standard InChI is InChI=1S/C16H25ClN2O/c1-3-10-20-16-5-4-14(17)11-15(16)18-12-13-6-8-19(2)9-7-13/h4-5,11,13,18H,3,6-10,12H2,1-2H3. The van der Waals surface area contributed by atoms with E-state index < -0.39 is 0 Å². The van der Waals surface area contributed by atoms with Crippen molar-refractivity contribution in [3.05, 3.63) is 23.2 Å². The third-order valence-corrected chi connectivity index (χ3v) is 4.06. The smallest absolute Gasteiger partial charge is 0.142 e. The van der Waals surface area contributed by atoms with Gasteiger partial charge in [0.05, 0.1) is 12.3 Å². The molecule has 1 aromatic carbocycles. The fraction of sp³-hybridized carbons (Fsp3) is 0.625. The van der Waals surface area contributed by atoms with E-state index in [9.17, 15) is 0 Å². The van der Waals surface area contributed by atoms with E-state index in [1.165, 1.54) is 25.9 Å². The highest BCUT2D eigenvalue weighted by Gasteiger charge is 2.16. The van der Waals surface area contributed by atoms with Gasteiger partial charge in [0.15, 0.2) is 0 Å². The fourth-order valence-electron chi connectivity index (χ4n) is 2.50. The second-order valence-corrected chi connectivity index (χ2v) is 6.05. The number of ether oxygens (including phenoxy) is 1. The van der Waals surface area contributed by atoms with Crippen LogP contribution in [0.2, 0.25) is 5.02 Å². The van der Waals surface area contributed by atoms with Crippen LogP contribution in [0.1, 0.15) is 26.2 Å². The van der Waals surface area contributed by atoms with Crippen molar-refractivity contribution in [2.45, 2.75) is 26.2 Å². The second kappa shape index (κ2) is 7.75. The van der Waals surface area contributed by atoms with Gasteiger partial charge >= 0.3 is 0 Å². The zero-order valence-corrected chi connectivity index (χ0v) is 13.2. The molecule has 0 radical (unpaired) electrons. The van der Waals surface area contributed by atoms with Gasteiger partial charge in [-0.05, 0) is 63.5 Å². The van der Waals surface area contributed by atoms with Crippen molar-refractivity contribution in [3.63, 3.8) is 0 Å². The number of nitrogens with one attached hydrogen (secondary N) is 1. The first-order chi connectivity index (χ1) is 9.69. The Morgan fingerprint density at radius 2 is 2.10 bits per heavy atom. The van der Waals surface area contributed by atoms with Crippen LogP contribution in [0.5, 0.6) is 5.75 Å². The second-order valence-electron chi connectivity index (χ2n) is 5.62. The lowest BCUT2D eigenvalue weighted by atomic mass is 9.97. The predicted molar refractivity (Wildman–Crippen MR) is 85.9 cm³/mol. The highest BCUT2D eigenvalue weighted by Crippen LogP contribution is 2.29. The van der Waals surface area contributed by atoms with E-state index in [2.05, 4.69) is 24.2 Å². The Hall–Kier alpha value is -0.930. The van der Waals surface area contributed by atoms with Crippen LogP contribution < -0.4 is 10.1 Å². The Balaban J connectivity index is 1.92. The first-order valence-corrected chi connectivity index (χ1v) is 7.91. The van der Waals surface area contributed by atoms with Gasteiger partial charge in [-0.1, -0.05) is 18.5 Å². The van der Waals surface area contributed by atoms with Gasteiger partial charge in [0, 0.05) is 11.6 Å². The van der Waals surface area contributed by atoms with E-state index in [0.29, 0.717) is 0 Å². The van der Waals surface area contributed by atoms with Gasteiger partial charge in [-0.15, -0.1) is 0 Å². The maximum Gasteiger partial charge on any atom is 0.142 e. The average molecular weight is 297 g/mol. The molecule has 0 atom stereocenters. The number of rotatable bonds is 6. The van der Waals surface area contributed by atoms with E-state index >= 15 is 0 Å². The molecule has 1 aliphatic rings. The van der Waals surface area contributed by atoms with Gasteiger partial charge in [0.25, 0.3) is 0 Å². The summed E-state index contributed by atoms with van der Waals surface area (Å²) >= 11 is 6.09. The molecule has 112 valence electrons. The summed E-state index contributed by atoms with van der Waals surface area (Å²) in [5.74, 6) is 1.65. The van der Waals surface area contributed by atoms with Crippen molar-refractivity contribution in [1.82, 2.24) is 4.90 Å². The highest BCUT2D eigenvalue weighted by atomic mass is 35.5. The fourth-order valence-corrected chi connectivity index (χ4v) is 2.67. The largest absolute Gasteiger partial charge is 0.491 e. The van der Waals surface area contributed by atoms with Crippen LogP contribution >= 0.6 is 11.6 Å². The Kier molecular flexibility index (Phi) is 5.99. The SMILES string of the molecule is CCCOc1ccc(Cl)cc1NCC1CCN(C)CC1. The van der Waals surface area contributed by atoms with Crippen molar-refractivity contribution < 1.29 is 4.74 Å². The zero-order valence-electron chi connectivity index (χ0n) is 12.5. The molecular formula is C16H25ClN2O. The van der Waals surface area contributed by atoms with Crippen LogP contribution in [-0.2, 0) is 0 Å². The van der Waals surface area contributed by atoms with Gasteiger partial charge in [-0.25, -0.2) is 0 Å². The molecule has 1 saturated heterocycles. The number of nitrogens with zero attached hydrogens (tertiary/aromatic N) is 1. The van der Waals surface area contributed by atoms with Crippen molar-refractivity contribution in [2.24, 2.45) is 5.92 Å². The van der Waals surface area contributed by atoms with E-state index in [1.54, 1.807) is 0 Å². The number of halogens is 1. The topological polar surface area (TPSA) is 24.5 Å². The molecule has 1 fully saturated rings. The third-order valence-electron chi connectivity index (χ3n) is 3.82. The Morgan fingerprint density at radius 3 is 2.80 bits per heavy atom. The minimum absolute atomic E-state index is 0.740. The normalized spacial score (nSPS) is 17.1. The number of anilines is 1. The molecule has 1 N–H and O–H groups in total. The van der Waals surface area contributed by atoms with Crippen molar-refractivity contribution in [2.75, 3.05) is 38.6 Å². The minimum atomic E-state index is 0.740. The Morgan fingerprint density at radius 1 is 1.35 bits per heavy atom. The molecule has 0 saturated carbocycles. The molecule has 0 aromatic heterocycles. The number of piperidine rings is 1. The molecule has 1 aromatic rings. The van der Waals surface area contributed by atoms with Crippen molar-refractivity contribution >= 4 is 17.3 Å². The lowest BCUT2D eigenvalue weighted by Crippen LogP contribution is -2.33. The Bertz CT molecular complexity index is 417. The lowest BCUT2D eigenvalue weighted by molar-refractivity contribution is 0.226. The summed E-state index contributed by atoms with van der Waals surface area (Å²) in [5.41, 5.74) is 1.02. The first kappa shape index (κ1) is 15.5. The summed E-state index contributed by atoms with van der Waals surface area (Å²) < 4.78 is 5.77. The van der Waals surface area contributed by atoms with Gasteiger partial charge in [0.2, 0.25) is 0 Å². The highest BCUT2D eigenvalue weighted by molar-refractivity contribution is 6.30. The maximum absolute atomic E-state index is 6.09. The van der Waals surface area contributed by atoms with Crippen LogP contribution in [0.15, 0.2) is 18.2 Å². The van der Waals surface area contributed by atoms with E-state index in [4.69, 9.17) is 16.3 Å². The molecule has 0 bridgehead atoms. The first-order valence-electron chi connectivity index (χ1n) is 7.53. The number of likely N-dealkylation sites (tertiary alicyclic amines) is 1. The van der Waals surface area contributed by atoms with Crippen molar-refractivity contribution in [3.8, 4) is 5.75 Å². The maximum atomic E-state index is 6.09. The summed E-state index contributed by atoms with van der Waals surface area (Å²) in [4.78, 5) is 2.39. The molecule has 4 heteroatoms. The van der Waals surface area contributed by atoms with E-state index in [0.717, 1.165) is 41.9 Å². The third kappa shape index (κ3) is 4.57. The zero-order chi connectivity index (χ0) is 14.4. The quantitative estimate of drug-likeness (QED) is 0.862. The van der Waals surface area contributed by atoms with Gasteiger partial charge in [0.1, 0.15) is 5.75 Å². The molecule has 0 amide bonds. The van der Waals surface area contributed by atoms with Crippen LogP contribution in [0.4, 0.5) is 5.69 Å². The molecule has 0 unspecified atom stereocenters. The van der Waals surface area contributed by atoms with Crippen LogP contribution in [-0.4, -0.2) is 38.2 Å². The van der Waals surface area contributed by atoms with Crippen LogP contribution in [0.3, 0.4) is 0 Å². The molecular weight excluding hydrogens is 272 g/mol. The molecule has 0 aliphatic carbocycles. The van der Waals surface area contributed by atoms with Crippen molar-refractivity contribution in [1.29, 1.82) is 0 Å². The number of hydrogen-bond acceptors (Lipinski definition) is 3. The summed E-state index contributed by atoms with van der Waals surface area (Å²) in [6, 6.07) is 5.80. The minimum Gasteiger partial charge on any atom is -0.491 e. The van der Waals surface area contributed by atoms with Crippen LogP contribution in [0, 0.1) is 5.92 Å². The Labute approximate surface area is 127 Å². The summed E-state index contributed by atoms with van der Waals surface area (Å²) in [6.45, 7) is 6.24. The lowest BCUT2D eigenvalue weighted by Gasteiger charge is -2.29. The summed E-state index contributed by atoms with van der Waals surface area (Å²) in [6.07, 6.45) is 3.53. The molecule has 2 rings (SSSR count). The van der Waals surface area contributed by atoms with Gasteiger partial charge in [-0.3, -0.25) is 0 Å². The summed E-state index contributed by atoms with van der Waals surface area (Å²) in [5, 5.41) is 4.27. The van der Waals surface area contributed by atoms with E-state index in [1.807, 2.05) is 18.2 Å². The van der Waals surface area contributed by atoms with E-state index in [-0.39, 0.29) is 0 Å². The predicted octanol–water partition coefficient (Wildman–Crippen LogP) is 3.88. The number of hydrogen-bond donors (Lipinski definition) is 1. The van der Waals surface area contributed by atoms with Gasteiger partial charge in [-0.2, -0.15) is 0 Å². The molecule has 0 spiro atoms. The molecule has 1 heterocycles. The average Bonchev–Trinajstić information content (AvgIpc) is 2.46. The monoisotopic (exact) mass is 296 g/mol. The van der Waals surface area contributed by atoms with Gasteiger partial charge < -0.3 is 15.0 Å². The number of benzene rings is 1. The molecule has 1 aliphatic heterocycles. The molecule has 3 nitrogen and oxygen atoms in total.